The quantitative estimate of drug-likeness (QED) is 0.460. The molecule has 4 heteroatoms. The average molecular weight is 201 g/mol. The van der Waals surface area contributed by atoms with E-state index in [9.17, 15) is 4.79 Å². The van der Waals surface area contributed by atoms with Gasteiger partial charge in [-0.15, -0.1) is 0 Å². The maximum Gasteiger partial charge on any atom is 0.334 e. The highest BCUT2D eigenvalue weighted by Crippen LogP contribution is 1.94. The maximum atomic E-state index is 11.1. The van der Waals surface area contributed by atoms with Crippen LogP contribution in [0.3, 0.4) is 0 Å². The summed E-state index contributed by atoms with van der Waals surface area (Å²) in [5.74, 6) is -0.179. The molecular weight excluding hydrogens is 182 g/mol. The first-order chi connectivity index (χ1) is 6.61. The smallest absolute Gasteiger partial charge is 0.334 e. The molecule has 0 aliphatic rings. The van der Waals surface area contributed by atoms with Crippen LogP contribution in [-0.2, 0) is 9.53 Å². The Labute approximate surface area is 85.0 Å². The van der Waals surface area contributed by atoms with Crippen LogP contribution in [0.5, 0.6) is 0 Å². The summed E-state index contributed by atoms with van der Waals surface area (Å²) in [6.45, 7) is 8.84. The van der Waals surface area contributed by atoms with Gasteiger partial charge in [0.1, 0.15) is 0 Å². The number of rotatable bonds is 7. The van der Waals surface area contributed by atoms with Gasteiger partial charge < -0.3 is 15.2 Å². The molecule has 0 heterocycles. The second-order valence-electron chi connectivity index (χ2n) is 3.24. The fourth-order valence-corrected chi connectivity index (χ4v) is 0.839. The van der Waals surface area contributed by atoms with E-state index in [-0.39, 0.29) is 18.5 Å². The first kappa shape index (κ1) is 13.1. The monoisotopic (exact) mass is 201 g/mol. The normalized spacial score (nSPS) is 12.2. The average Bonchev–Trinajstić information content (AvgIpc) is 2.17. The van der Waals surface area contributed by atoms with Crippen LogP contribution in [0.4, 0.5) is 0 Å². The van der Waals surface area contributed by atoms with E-state index in [4.69, 9.17) is 9.84 Å². The Balaban J connectivity index is 3.58. The third-order valence-electron chi connectivity index (χ3n) is 1.71. The second-order valence-corrected chi connectivity index (χ2v) is 3.24. The van der Waals surface area contributed by atoms with Gasteiger partial charge in [0.05, 0.1) is 6.61 Å². The van der Waals surface area contributed by atoms with Crippen LogP contribution in [0.2, 0.25) is 0 Å². The molecule has 0 aromatic carbocycles. The molecule has 4 nitrogen and oxygen atoms in total. The Hall–Kier alpha value is -0.870. The van der Waals surface area contributed by atoms with Crippen molar-refractivity contribution in [2.45, 2.75) is 13.8 Å². The molecule has 82 valence electrons. The number of ether oxygens (including phenoxy) is 1. The molecule has 0 rings (SSSR count). The summed E-state index contributed by atoms with van der Waals surface area (Å²) in [7, 11) is 0. The third-order valence-corrected chi connectivity index (χ3v) is 1.71. The van der Waals surface area contributed by atoms with Crippen molar-refractivity contribution in [3.63, 3.8) is 0 Å². The summed E-state index contributed by atoms with van der Waals surface area (Å²) in [6.07, 6.45) is 0. The Kier molecular flexibility index (Phi) is 7.06. The molecule has 0 amide bonds. The highest BCUT2D eigenvalue weighted by Gasteiger charge is 2.07. The van der Waals surface area contributed by atoms with Gasteiger partial charge in [0.2, 0.25) is 0 Å². The molecule has 0 spiro atoms. The first-order valence-electron chi connectivity index (χ1n) is 4.78. The van der Waals surface area contributed by atoms with Gasteiger partial charge in [-0.1, -0.05) is 13.5 Å². The van der Waals surface area contributed by atoms with E-state index in [1.807, 2.05) is 6.92 Å². The number of nitrogens with one attached hydrogen (secondary N) is 1. The van der Waals surface area contributed by atoms with E-state index in [0.717, 1.165) is 0 Å². The summed E-state index contributed by atoms with van der Waals surface area (Å²) in [5, 5.41) is 11.8. The fourth-order valence-electron chi connectivity index (χ4n) is 0.839. The van der Waals surface area contributed by atoms with E-state index in [1.54, 1.807) is 6.92 Å². The highest BCUT2D eigenvalue weighted by atomic mass is 16.5. The minimum Gasteiger partial charge on any atom is -0.463 e. The van der Waals surface area contributed by atoms with Crippen LogP contribution in [0.1, 0.15) is 13.8 Å². The number of carbonyl (C=O) groups excluding carboxylic acids is 1. The molecule has 0 bridgehead atoms. The zero-order valence-electron chi connectivity index (χ0n) is 8.88. The number of esters is 1. The lowest BCUT2D eigenvalue weighted by Crippen LogP contribution is -2.27. The van der Waals surface area contributed by atoms with Crippen molar-refractivity contribution in [2.75, 3.05) is 26.3 Å². The number of carbonyl (C=O) groups is 1. The van der Waals surface area contributed by atoms with Crippen molar-refractivity contribution in [2.24, 2.45) is 5.92 Å². The van der Waals surface area contributed by atoms with E-state index in [2.05, 4.69) is 11.9 Å². The molecule has 2 N–H and O–H groups in total. The SMILES string of the molecule is C=C(CNCC(C)CO)C(=O)OCC. The summed E-state index contributed by atoms with van der Waals surface area (Å²) >= 11 is 0. The second kappa shape index (κ2) is 7.53. The van der Waals surface area contributed by atoms with Crippen LogP contribution in [-0.4, -0.2) is 37.4 Å². The molecule has 0 aliphatic heterocycles. The first-order valence-corrected chi connectivity index (χ1v) is 4.78. The standard InChI is InChI=1S/C10H19NO3/c1-4-14-10(13)9(3)6-11-5-8(2)7-12/h8,11-12H,3-7H2,1-2H3. The van der Waals surface area contributed by atoms with Crippen LogP contribution >= 0.6 is 0 Å². The molecule has 0 aromatic rings. The molecule has 14 heavy (non-hydrogen) atoms. The zero-order valence-corrected chi connectivity index (χ0v) is 8.88. The largest absolute Gasteiger partial charge is 0.463 e. The third kappa shape index (κ3) is 5.72. The molecular formula is C10H19NO3. The highest BCUT2D eigenvalue weighted by molar-refractivity contribution is 5.88. The molecule has 0 fully saturated rings. The Morgan fingerprint density at radius 1 is 1.64 bits per heavy atom. The van der Waals surface area contributed by atoms with E-state index >= 15 is 0 Å². The Morgan fingerprint density at radius 2 is 2.29 bits per heavy atom. The van der Waals surface area contributed by atoms with Crippen molar-refractivity contribution in [3.8, 4) is 0 Å². The minimum absolute atomic E-state index is 0.138. The lowest BCUT2D eigenvalue weighted by molar-refractivity contribution is -0.138. The van der Waals surface area contributed by atoms with E-state index < -0.39 is 0 Å². The van der Waals surface area contributed by atoms with Crippen molar-refractivity contribution in [1.29, 1.82) is 0 Å². The van der Waals surface area contributed by atoms with Crippen LogP contribution in [0.25, 0.3) is 0 Å². The van der Waals surface area contributed by atoms with Crippen LogP contribution in [0, 0.1) is 5.92 Å². The molecule has 0 aromatic heterocycles. The van der Waals surface area contributed by atoms with Gasteiger partial charge in [-0.05, 0) is 12.8 Å². The molecule has 1 atom stereocenters. The lowest BCUT2D eigenvalue weighted by atomic mass is 10.2. The Bertz CT molecular complexity index is 192. The summed E-state index contributed by atoms with van der Waals surface area (Å²) in [6, 6.07) is 0. The van der Waals surface area contributed by atoms with Gasteiger partial charge in [0, 0.05) is 25.3 Å². The van der Waals surface area contributed by atoms with Crippen molar-refractivity contribution >= 4 is 5.97 Å². The summed E-state index contributed by atoms with van der Waals surface area (Å²) in [5.41, 5.74) is 0.414. The molecule has 0 saturated heterocycles. The van der Waals surface area contributed by atoms with E-state index in [1.165, 1.54) is 0 Å². The van der Waals surface area contributed by atoms with Crippen molar-refractivity contribution in [1.82, 2.24) is 5.32 Å². The number of hydrogen-bond acceptors (Lipinski definition) is 4. The Morgan fingerprint density at radius 3 is 2.79 bits per heavy atom. The maximum absolute atomic E-state index is 11.1. The van der Waals surface area contributed by atoms with E-state index in [0.29, 0.717) is 25.3 Å². The summed E-state index contributed by atoms with van der Waals surface area (Å²) < 4.78 is 4.76. The predicted molar refractivity (Wildman–Crippen MR) is 54.9 cm³/mol. The van der Waals surface area contributed by atoms with Gasteiger partial charge in [-0.2, -0.15) is 0 Å². The van der Waals surface area contributed by atoms with Gasteiger partial charge in [-0.25, -0.2) is 4.79 Å². The van der Waals surface area contributed by atoms with Crippen molar-refractivity contribution < 1.29 is 14.6 Å². The fraction of sp³-hybridized carbons (Fsp3) is 0.700. The molecule has 0 saturated carbocycles. The van der Waals surface area contributed by atoms with Gasteiger partial charge in [0.25, 0.3) is 0 Å². The van der Waals surface area contributed by atoms with Gasteiger partial charge in [-0.3, -0.25) is 0 Å². The zero-order chi connectivity index (χ0) is 11.0. The van der Waals surface area contributed by atoms with Crippen LogP contribution in [0.15, 0.2) is 12.2 Å². The lowest BCUT2D eigenvalue weighted by Gasteiger charge is -2.10. The molecule has 0 aliphatic carbocycles. The predicted octanol–water partition coefficient (Wildman–Crippen LogP) is 0.324. The number of hydrogen-bond donors (Lipinski definition) is 2. The number of aliphatic hydroxyl groups excluding tert-OH is 1. The topological polar surface area (TPSA) is 58.6 Å². The molecule has 0 radical (unpaired) electrons. The minimum atomic E-state index is -0.364. The van der Waals surface area contributed by atoms with Gasteiger partial charge in [0.15, 0.2) is 0 Å². The van der Waals surface area contributed by atoms with Crippen LogP contribution < -0.4 is 5.32 Å². The van der Waals surface area contributed by atoms with Gasteiger partial charge >= 0.3 is 5.97 Å². The molecule has 1 unspecified atom stereocenters. The number of aliphatic hydroxyl groups is 1. The van der Waals surface area contributed by atoms with Crippen molar-refractivity contribution in [3.05, 3.63) is 12.2 Å². The summed E-state index contributed by atoms with van der Waals surface area (Å²) in [4.78, 5) is 11.1.